The lowest BCUT2D eigenvalue weighted by molar-refractivity contribution is -0.143. The standard InChI is InChI=1S/C25H37N5O9/c1-13(2)11-19(25(38)39)30-23(36)17(8-9-20(27)32)28-24(37)18(12-14-3-5-15(31)6-4-14)29-22(35)16(26)7-10-21(33)34/h3-6,13,16-19,31H,7-12,26H2,1-2H3,(H2,27,32)(H,28,37)(H,29,35)(H,30,36)(H,33,34)(H,38,39). The van der Waals surface area contributed by atoms with Crippen molar-refractivity contribution >= 4 is 35.6 Å². The van der Waals surface area contributed by atoms with Crippen molar-refractivity contribution in [3.63, 3.8) is 0 Å². The first-order valence-corrected chi connectivity index (χ1v) is 12.4. The van der Waals surface area contributed by atoms with Gasteiger partial charge in [0.15, 0.2) is 0 Å². The summed E-state index contributed by atoms with van der Waals surface area (Å²) in [6.07, 6.45) is -1.08. The van der Waals surface area contributed by atoms with E-state index in [-0.39, 0.29) is 50.2 Å². The number of nitrogens with two attached hydrogens (primary N) is 2. The molecule has 0 spiro atoms. The van der Waals surface area contributed by atoms with Crippen molar-refractivity contribution in [3.05, 3.63) is 29.8 Å². The Kier molecular flexibility index (Phi) is 13.4. The third-order valence-electron chi connectivity index (χ3n) is 5.65. The summed E-state index contributed by atoms with van der Waals surface area (Å²) in [6, 6.07) is 0.609. The smallest absolute Gasteiger partial charge is 0.326 e. The quantitative estimate of drug-likeness (QED) is 0.117. The Balaban J connectivity index is 3.16. The van der Waals surface area contributed by atoms with Crippen molar-refractivity contribution in [1.82, 2.24) is 16.0 Å². The number of phenols is 1. The van der Waals surface area contributed by atoms with Gasteiger partial charge < -0.3 is 42.7 Å². The van der Waals surface area contributed by atoms with Crippen LogP contribution < -0.4 is 27.4 Å². The summed E-state index contributed by atoms with van der Waals surface area (Å²) in [5.41, 5.74) is 11.5. The Hall–Kier alpha value is -4.20. The number of phenolic OH excluding ortho intramolecular Hbond substituents is 1. The van der Waals surface area contributed by atoms with Crippen LogP contribution in [0.1, 0.15) is 51.5 Å². The van der Waals surface area contributed by atoms with Gasteiger partial charge in [-0.15, -0.1) is 0 Å². The van der Waals surface area contributed by atoms with Crippen LogP contribution in [0.2, 0.25) is 0 Å². The van der Waals surface area contributed by atoms with Crippen LogP contribution in [0.15, 0.2) is 24.3 Å². The first-order valence-electron chi connectivity index (χ1n) is 12.4. The van der Waals surface area contributed by atoms with Gasteiger partial charge in [-0.05, 0) is 42.9 Å². The topological polar surface area (TPSA) is 251 Å². The molecule has 0 saturated carbocycles. The van der Waals surface area contributed by atoms with Gasteiger partial charge in [-0.2, -0.15) is 0 Å². The van der Waals surface area contributed by atoms with E-state index in [0.717, 1.165) is 0 Å². The molecule has 1 aromatic rings. The summed E-state index contributed by atoms with van der Waals surface area (Å²) < 4.78 is 0. The largest absolute Gasteiger partial charge is 0.508 e. The Morgan fingerprint density at radius 3 is 1.85 bits per heavy atom. The molecule has 0 fully saturated rings. The molecule has 14 nitrogen and oxygen atoms in total. The number of aliphatic carboxylic acids is 2. The zero-order chi connectivity index (χ0) is 29.7. The minimum absolute atomic E-state index is 0.0305. The molecule has 1 aromatic carbocycles. The van der Waals surface area contributed by atoms with Gasteiger partial charge in [-0.25, -0.2) is 4.79 Å². The molecule has 0 saturated heterocycles. The van der Waals surface area contributed by atoms with Crippen LogP contribution >= 0.6 is 0 Å². The molecular formula is C25H37N5O9. The van der Waals surface area contributed by atoms with Crippen molar-refractivity contribution in [2.45, 2.75) is 76.5 Å². The summed E-state index contributed by atoms with van der Waals surface area (Å²) >= 11 is 0. The SMILES string of the molecule is CC(C)CC(NC(=O)C(CCC(N)=O)NC(=O)C(Cc1ccc(O)cc1)NC(=O)C(N)CCC(=O)O)C(=O)O. The van der Waals surface area contributed by atoms with Crippen molar-refractivity contribution in [1.29, 1.82) is 0 Å². The molecule has 39 heavy (non-hydrogen) atoms. The summed E-state index contributed by atoms with van der Waals surface area (Å²) in [6.45, 7) is 3.54. The summed E-state index contributed by atoms with van der Waals surface area (Å²) in [4.78, 5) is 72.6. The molecule has 4 atom stereocenters. The van der Waals surface area contributed by atoms with E-state index in [0.29, 0.717) is 5.56 Å². The number of benzene rings is 1. The molecule has 0 bridgehead atoms. The molecule has 10 N–H and O–H groups in total. The van der Waals surface area contributed by atoms with Crippen LogP contribution in [0, 0.1) is 5.92 Å². The molecule has 216 valence electrons. The highest BCUT2D eigenvalue weighted by Gasteiger charge is 2.31. The third-order valence-corrected chi connectivity index (χ3v) is 5.65. The van der Waals surface area contributed by atoms with Crippen molar-refractivity contribution < 1.29 is 44.1 Å². The number of carboxylic acids is 2. The predicted octanol–water partition coefficient (Wildman–Crippen LogP) is -1.02. The van der Waals surface area contributed by atoms with E-state index < -0.39 is 59.7 Å². The molecule has 14 heteroatoms. The second-order valence-electron chi connectivity index (χ2n) is 9.57. The Morgan fingerprint density at radius 2 is 1.33 bits per heavy atom. The third kappa shape index (κ3) is 12.7. The van der Waals surface area contributed by atoms with E-state index in [1.807, 2.05) is 0 Å². The van der Waals surface area contributed by atoms with Crippen LogP contribution in [0.3, 0.4) is 0 Å². The van der Waals surface area contributed by atoms with Crippen LogP contribution in [0.25, 0.3) is 0 Å². The molecule has 0 heterocycles. The van der Waals surface area contributed by atoms with Crippen LogP contribution in [0.5, 0.6) is 5.75 Å². The molecule has 4 amide bonds. The van der Waals surface area contributed by atoms with E-state index >= 15 is 0 Å². The zero-order valence-corrected chi connectivity index (χ0v) is 21.9. The first kappa shape index (κ1) is 32.8. The lowest BCUT2D eigenvalue weighted by Crippen LogP contribution is -2.57. The van der Waals surface area contributed by atoms with Crippen molar-refractivity contribution in [3.8, 4) is 5.75 Å². The molecule has 0 aliphatic heterocycles. The number of carbonyl (C=O) groups excluding carboxylic acids is 4. The first-order chi connectivity index (χ1) is 18.2. The summed E-state index contributed by atoms with van der Waals surface area (Å²) in [5, 5.41) is 35.1. The molecule has 0 aromatic heterocycles. The van der Waals surface area contributed by atoms with Gasteiger partial charge >= 0.3 is 11.9 Å². The van der Waals surface area contributed by atoms with Crippen LogP contribution in [-0.4, -0.2) is 75.1 Å². The number of aromatic hydroxyl groups is 1. The zero-order valence-electron chi connectivity index (χ0n) is 21.9. The molecule has 4 unspecified atom stereocenters. The maximum Gasteiger partial charge on any atom is 0.326 e. The normalized spacial score (nSPS) is 13.9. The predicted molar refractivity (Wildman–Crippen MR) is 138 cm³/mol. The molecule has 0 aliphatic rings. The van der Waals surface area contributed by atoms with Gasteiger partial charge in [0.25, 0.3) is 0 Å². The average Bonchev–Trinajstić information content (AvgIpc) is 2.84. The molecule has 1 rings (SSSR count). The van der Waals surface area contributed by atoms with Gasteiger partial charge in [0, 0.05) is 19.3 Å². The number of hydrogen-bond donors (Lipinski definition) is 8. The van der Waals surface area contributed by atoms with Crippen LogP contribution in [0.4, 0.5) is 0 Å². The van der Waals surface area contributed by atoms with Crippen molar-refractivity contribution in [2.75, 3.05) is 0 Å². The van der Waals surface area contributed by atoms with E-state index in [1.165, 1.54) is 24.3 Å². The highest BCUT2D eigenvalue weighted by atomic mass is 16.4. The fourth-order valence-corrected chi connectivity index (χ4v) is 3.56. The van der Waals surface area contributed by atoms with Gasteiger partial charge in [0.1, 0.15) is 23.9 Å². The Morgan fingerprint density at radius 1 is 0.795 bits per heavy atom. The lowest BCUT2D eigenvalue weighted by Gasteiger charge is -2.25. The van der Waals surface area contributed by atoms with E-state index in [1.54, 1.807) is 13.8 Å². The monoisotopic (exact) mass is 551 g/mol. The summed E-state index contributed by atoms with van der Waals surface area (Å²) in [7, 11) is 0. The number of primary amides is 1. The molecule has 0 aliphatic carbocycles. The lowest BCUT2D eigenvalue weighted by atomic mass is 10.0. The minimum atomic E-state index is -1.36. The number of carboxylic acid groups (broad SMARTS) is 2. The molecular weight excluding hydrogens is 514 g/mol. The number of carbonyl (C=O) groups is 6. The summed E-state index contributed by atoms with van der Waals surface area (Å²) in [5.74, 6) is -5.79. The van der Waals surface area contributed by atoms with Gasteiger partial charge in [-0.3, -0.25) is 24.0 Å². The average molecular weight is 552 g/mol. The number of hydrogen-bond acceptors (Lipinski definition) is 8. The van der Waals surface area contributed by atoms with Gasteiger partial charge in [-0.1, -0.05) is 26.0 Å². The number of amides is 4. The minimum Gasteiger partial charge on any atom is -0.508 e. The fourth-order valence-electron chi connectivity index (χ4n) is 3.56. The van der Waals surface area contributed by atoms with E-state index in [9.17, 15) is 39.0 Å². The van der Waals surface area contributed by atoms with E-state index in [2.05, 4.69) is 16.0 Å². The van der Waals surface area contributed by atoms with E-state index in [4.69, 9.17) is 16.6 Å². The Labute approximate surface area is 225 Å². The maximum absolute atomic E-state index is 13.3. The van der Waals surface area contributed by atoms with Gasteiger partial charge in [0.05, 0.1) is 6.04 Å². The van der Waals surface area contributed by atoms with Gasteiger partial charge in [0.2, 0.25) is 23.6 Å². The van der Waals surface area contributed by atoms with Crippen LogP contribution in [-0.2, 0) is 35.2 Å². The highest BCUT2D eigenvalue weighted by molar-refractivity contribution is 5.94. The number of nitrogens with one attached hydrogen (secondary N) is 3. The highest BCUT2D eigenvalue weighted by Crippen LogP contribution is 2.13. The maximum atomic E-state index is 13.3. The molecule has 0 radical (unpaired) electrons. The van der Waals surface area contributed by atoms with Crippen molar-refractivity contribution in [2.24, 2.45) is 17.4 Å². The second-order valence-corrected chi connectivity index (χ2v) is 9.57. The second kappa shape index (κ2) is 15.9. The number of rotatable bonds is 17. The Bertz CT molecular complexity index is 1030. The fraction of sp³-hybridized carbons (Fsp3) is 0.520.